The van der Waals surface area contributed by atoms with E-state index in [0.717, 1.165) is 33.4 Å². The van der Waals surface area contributed by atoms with E-state index in [1.54, 1.807) is 13.8 Å². The minimum absolute atomic E-state index is 0.00695. The van der Waals surface area contributed by atoms with Gasteiger partial charge in [-0.3, -0.25) is 9.59 Å². The van der Waals surface area contributed by atoms with Gasteiger partial charge in [0.1, 0.15) is 24.4 Å². The minimum atomic E-state index is -1.47. The number of allylic oxidation sites excluding steroid dienone is 20. The molecule has 14 heteroatoms. The van der Waals surface area contributed by atoms with Crippen LogP contribution in [0.5, 0.6) is 0 Å². The number of aliphatic hydroxyl groups is 6. The maximum absolute atomic E-state index is 13.2. The zero-order valence-corrected chi connectivity index (χ0v) is 41.1. The molecule has 0 aromatic carbocycles. The van der Waals surface area contributed by atoms with Gasteiger partial charge in [0.15, 0.2) is 29.5 Å². The van der Waals surface area contributed by atoms with Gasteiger partial charge in [-0.15, -0.1) is 0 Å². The number of ether oxygens (including phenoxy) is 4. The molecule has 7 atom stereocenters. The van der Waals surface area contributed by atoms with Gasteiger partial charge in [-0.25, -0.2) is 9.59 Å². The Hall–Kier alpha value is -5.90. The van der Waals surface area contributed by atoms with Crippen LogP contribution in [0.25, 0.3) is 0 Å². The summed E-state index contributed by atoms with van der Waals surface area (Å²) in [4.78, 5) is 49.5. The standard InChI is InChI=1S/C52H64O14.C2H6/c1-29(16-12-18-31(3)20-22-36-33(5)24-41(43(56)34(36)6)63-27-39(54)48-37(26-53)45(58)50(61)65-48)14-10-11-15-30(2)17-13-19-32(4)21-23-38-35(7)44(57)42(25-52(38,8)9)64-28-40(55)49-46(59)47(60)51(62)66-49;1-2/h10-23,33,39-42,48-49,53-55,58-60H,24-28H2,1-9H3;1-2H3/b11-10+,16-12+,17-13+,22-20+,23-21+,29-14+,30-15+,31-18+,32-19+;. The molecule has 2 aliphatic heterocycles. The number of cyclic esters (lactones) is 2. The molecule has 0 fully saturated rings. The Labute approximate surface area is 400 Å². The van der Waals surface area contributed by atoms with Crippen LogP contribution in [0.4, 0.5) is 0 Å². The zero-order chi connectivity index (χ0) is 51.0. The number of aliphatic hydroxyl groups excluding tert-OH is 6. The Morgan fingerprint density at radius 2 is 1.13 bits per heavy atom. The molecule has 0 saturated heterocycles. The van der Waals surface area contributed by atoms with Gasteiger partial charge in [-0.05, 0) is 88.0 Å². The number of carbonyl (C=O) groups excluding carboxylic acids is 4. The summed E-state index contributed by atoms with van der Waals surface area (Å²) >= 11 is 0. The zero-order valence-electron chi connectivity index (χ0n) is 41.1. The van der Waals surface area contributed by atoms with E-state index in [0.29, 0.717) is 24.0 Å². The maximum Gasteiger partial charge on any atom is 0.377 e. The summed E-state index contributed by atoms with van der Waals surface area (Å²) in [6, 6.07) is 0. The summed E-state index contributed by atoms with van der Waals surface area (Å²) in [5.41, 5.74) is 6.36. The number of hydrogen-bond donors (Lipinski definition) is 6. The van der Waals surface area contributed by atoms with Crippen LogP contribution in [0.15, 0.2) is 152 Å². The van der Waals surface area contributed by atoms with Gasteiger partial charge in [-0.2, -0.15) is 0 Å². The molecule has 0 radical (unpaired) electrons. The summed E-state index contributed by atoms with van der Waals surface area (Å²) in [5, 5.41) is 59.5. The second kappa shape index (κ2) is 26.0. The van der Waals surface area contributed by atoms with Crippen molar-refractivity contribution in [1.82, 2.24) is 0 Å². The first-order valence-corrected chi connectivity index (χ1v) is 22.8. The Balaban J connectivity index is 0.00000604. The van der Waals surface area contributed by atoms with E-state index in [-0.39, 0.29) is 36.3 Å². The first kappa shape index (κ1) is 56.4. The summed E-state index contributed by atoms with van der Waals surface area (Å²) in [5.74, 6) is -5.04. The highest BCUT2D eigenvalue weighted by molar-refractivity contribution is 6.01. The van der Waals surface area contributed by atoms with E-state index in [9.17, 15) is 49.8 Å². The van der Waals surface area contributed by atoms with Crippen LogP contribution in [-0.2, 0) is 38.1 Å². The molecule has 4 aliphatic rings. The van der Waals surface area contributed by atoms with Gasteiger partial charge in [0.2, 0.25) is 11.5 Å². The topological polar surface area (TPSA) is 227 Å². The quantitative estimate of drug-likeness (QED) is 0.0529. The van der Waals surface area contributed by atoms with Crippen molar-refractivity contribution in [3.05, 3.63) is 152 Å². The van der Waals surface area contributed by atoms with E-state index >= 15 is 0 Å². The average molecular weight is 943 g/mol. The molecule has 2 heterocycles. The molecule has 0 aromatic heterocycles. The molecule has 6 N–H and O–H groups in total. The van der Waals surface area contributed by atoms with Gasteiger partial charge >= 0.3 is 11.9 Å². The van der Waals surface area contributed by atoms with Crippen molar-refractivity contribution in [2.45, 2.75) is 126 Å². The Morgan fingerprint density at radius 3 is 1.66 bits per heavy atom. The molecule has 4 rings (SSSR count). The van der Waals surface area contributed by atoms with Crippen molar-refractivity contribution in [3.8, 4) is 0 Å². The van der Waals surface area contributed by atoms with Crippen molar-refractivity contribution >= 4 is 23.5 Å². The Morgan fingerprint density at radius 1 is 0.676 bits per heavy atom. The number of hydrogen-bond acceptors (Lipinski definition) is 14. The third-order valence-electron chi connectivity index (χ3n) is 11.8. The second-order valence-corrected chi connectivity index (χ2v) is 17.7. The van der Waals surface area contributed by atoms with E-state index in [4.69, 9.17) is 18.9 Å². The van der Waals surface area contributed by atoms with E-state index in [1.165, 1.54) is 0 Å². The first-order valence-electron chi connectivity index (χ1n) is 22.8. The molecular formula is C54H70O14. The molecule has 0 amide bonds. The third-order valence-corrected chi connectivity index (χ3v) is 11.8. The van der Waals surface area contributed by atoms with Crippen molar-refractivity contribution in [3.63, 3.8) is 0 Å². The van der Waals surface area contributed by atoms with Gasteiger partial charge in [-0.1, -0.05) is 142 Å². The molecule has 68 heavy (non-hydrogen) atoms. The van der Waals surface area contributed by atoms with E-state index in [2.05, 4.69) is 0 Å². The summed E-state index contributed by atoms with van der Waals surface area (Å²) in [7, 11) is 0. The maximum atomic E-state index is 13.2. The van der Waals surface area contributed by atoms with Crippen molar-refractivity contribution in [2.75, 3.05) is 19.8 Å². The Bertz CT molecular complexity index is 2310. The van der Waals surface area contributed by atoms with Gasteiger partial charge < -0.3 is 49.6 Å². The molecule has 0 aromatic rings. The second-order valence-electron chi connectivity index (χ2n) is 17.7. The lowest BCUT2D eigenvalue weighted by atomic mass is 9.71. The third kappa shape index (κ3) is 15.1. The molecule has 7 unspecified atom stereocenters. The van der Waals surface area contributed by atoms with Crippen molar-refractivity contribution < 1.29 is 68.8 Å². The van der Waals surface area contributed by atoms with Crippen molar-refractivity contribution in [2.24, 2.45) is 11.3 Å². The van der Waals surface area contributed by atoms with Crippen LogP contribution in [0.1, 0.15) is 89.0 Å². The number of esters is 2. The molecular weight excluding hydrogens is 873 g/mol. The number of carbonyl (C=O) groups is 4. The van der Waals surface area contributed by atoms with Crippen LogP contribution in [0, 0.1) is 11.3 Å². The number of Topliss-reactive ketones (excluding diaryl/α,β-unsaturated/α-hetero) is 2. The fourth-order valence-electron chi connectivity index (χ4n) is 7.87. The van der Waals surface area contributed by atoms with Crippen LogP contribution in [0.3, 0.4) is 0 Å². The van der Waals surface area contributed by atoms with Crippen LogP contribution in [0.2, 0.25) is 0 Å². The fraction of sp³-hybridized carbons (Fsp3) is 0.444. The Kier molecular flexibility index (Phi) is 21.6. The predicted octanol–water partition coefficient (Wildman–Crippen LogP) is 8.29. The van der Waals surface area contributed by atoms with Crippen LogP contribution in [-0.4, -0.2) is 111 Å². The highest BCUT2D eigenvalue weighted by atomic mass is 16.6. The predicted molar refractivity (Wildman–Crippen MR) is 260 cm³/mol. The highest BCUT2D eigenvalue weighted by Crippen LogP contribution is 2.41. The molecule has 0 saturated carbocycles. The summed E-state index contributed by atoms with van der Waals surface area (Å²) in [6.45, 7) is 20.1. The molecule has 370 valence electrons. The number of rotatable bonds is 19. The van der Waals surface area contributed by atoms with Gasteiger partial charge in [0.25, 0.3) is 0 Å². The highest BCUT2D eigenvalue weighted by Gasteiger charge is 2.43. The first-order chi connectivity index (χ1) is 32.1. The summed E-state index contributed by atoms with van der Waals surface area (Å²) in [6.07, 6.45) is 21.1. The molecule has 0 bridgehead atoms. The normalized spacial score (nSPS) is 25.6. The number of ketones is 2. The largest absolute Gasteiger partial charge is 0.505 e. The molecule has 2 aliphatic carbocycles. The smallest absolute Gasteiger partial charge is 0.377 e. The monoisotopic (exact) mass is 942 g/mol. The lowest BCUT2D eigenvalue weighted by Crippen LogP contribution is -2.41. The SMILES string of the molecule is CC.CC1=C(/C=C/C(C)=C/C=C/C(C)=C/C=C/C=C(C)/C=C/C=C(C)/C=C/C2=C(C)C(=O)C(OCC(O)C3OC(=O)C(O)=C3O)CC2(C)C)C(C)CC(OCC(O)C2OC(=O)C(O)=C2CO)C1=O. The van der Waals surface area contributed by atoms with Crippen molar-refractivity contribution in [1.29, 1.82) is 0 Å². The van der Waals surface area contributed by atoms with Gasteiger partial charge in [0, 0.05) is 5.57 Å². The lowest BCUT2D eigenvalue weighted by Gasteiger charge is -2.37. The van der Waals surface area contributed by atoms with E-state index in [1.807, 2.05) is 147 Å². The summed E-state index contributed by atoms with van der Waals surface area (Å²) < 4.78 is 21.2. The average Bonchev–Trinajstić information content (AvgIpc) is 3.74. The minimum Gasteiger partial charge on any atom is -0.505 e. The lowest BCUT2D eigenvalue weighted by molar-refractivity contribution is -0.151. The fourth-order valence-corrected chi connectivity index (χ4v) is 7.87. The van der Waals surface area contributed by atoms with E-state index < -0.39 is 77.9 Å². The van der Waals surface area contributed by atoms with Gasteiger partial charge in [0.05, 0.1) is 19.8 Å². The molecule has 14 nitrogen and oxygen atoms in total. The molecule has 0 spiro atoms. The van der Waals surface area contributed by atoms with Crippen LogP contribution < -0.4 is 0 Å². The van der Waals surface area contributed by atoms with Crippen LogP contribution >= 0.6 is 0 Å².